The van der Waals surface area contributed by atoms with Crippen molar-refractivity contribution in [2.75, 3.05) is 14.2 Å². The Morgan fingerprint density at radius 2 is 2.00 bits per heavy atom. The van der Waals surface area contributed by atoms with Crippen LogP contribution in [0.25, 0.3) is 0 Å². The second kappa shape index (κ2) is 5.20. The van der Waals surface area contributed by atoms with Gasteiger partial charge in [-0.25, -0.2) is 0 Å². The standard InChI is InChI=1S/C12H14O3/c1-4-5-11(13)10-8-9(14-2)6-7-12(10)15-3/h4-8H,1-3H3/b5-4+. The molecule has 0 amide bonds. The molecule has 0 bridgehead atoms. The fourth-order valence-corrected chi connectivity index (χ4v) is 1.25. The molecule has 0 aliphatic rings. The third-order valence-electron chi connectivity index (χ3n) is 1.99. The fourth-order valence-electron chi connectivity index (χ4n) is 1.25. The first kappa shape index (κ1) is 11.3. The van der Waals surface area contributed by atoms with Gasteiger partial charge in [0.1, 0.15) is 11.5 Å². The summed E-state index contributed by atoms with van der Waals surface area (Å²) in [7, 11) is 3.10. The van der Waals surface area contributed by atoms with Crippen molar-refractivity contribution in [1.29, 1.82) is 0 Å². The molecular formula is C12H14O3. The van der Waals surface area contributed by atoms with Gasteiger partial charge in [-0.15, -0.1) is 0 Å². The van der Waals surface area contributed by atoms with E-state index in [1.807, 2.05) is 0 Å². The lowest BCUT2D eigenvalue weighted by Crippen LogP contribution is -1.99. The average molecular weight is 206 g/mol. The van der Waals surface area contributed by atoms with E-state index in [1.54, 1.807) is 38.3 Å². The van der Waals surface area contributed by atoms with E-state index in [4.69, 9.17) is 9.47 Å². The molecule has 3 nitrogen and oxygen atoms in total. The maximum absolute atomic E-state index is 11.7. The van der Waals surface area contributed by atoms with Crippen molar-refractivity contribution < 1.29 is 14.3 Å². The van der Waals surface area contributed by atoms with Crippen LogP contribution in [-0.2, 0) is 0 Å². The van der Waals surface area contributed by atoms with E-state index >= 15 is 0 Å². The lowest BCUT2D eigenvalue weighted by Gasteiger charge is -2.07. The summed E-state index contributed by atoms with van der Waals surface area (Å²) in [5.41, 5.74) is 0.509. The van der Waals surface area contributed by atoms with Gasteiger partial charge < -0.3 is 9.47 Å². The SMILES string of the molecule is C/C=C/C(=O)c1cc(OC)ccc1OC. The molecule has 0 heterocycles. The highest BCUT2D eigenvalue weighted by Gasteiger charge is 2.10. The average Bonchev–Trinajstić information content (AvgIpc) is 2.28. The molecule has 0 unspecified atom stereocenters. The second-order valence-corrected chi connectivity index (χ2v) is 2.93. The zero-order chi connectivity index (χ0) is 11.3. The van der Waals surface area contributed by atoms with Crippen molar-refractivity contribution in [3.63, 3.8) is 0 Å². The molecule has 0 aliphatic heterocycles. The summed E-state index contributed by atoms with van der Waals surface area (Å²) in [6.07, 6.45) is 3.19. The van der Waals surface area contributed by atoms with E-state index in [0.29, 0.717) is 17.1 Å². The molecule has 0 aliphatic carbocycles. The summed E-state index contributed by atoms with van der Waals surface area (Å²) in [5.74, 6) is 1.11. The number of carbonyl (C=O) groups is 1. The van der Waals surface area contributed by atoms with Gasteiger partial charge in [0, 0.05) is 0 Å². The van der Waals surface area contributed by atoms with Gasteiger partial charge in [0.2, 0.25) is 0 Å². The van der Waals surface area contributed by atoms with E-state index in [2.05, 4.69) is 0 Å². The van der Waals surface area contributed by atoms with Gasteiger partial charge in [-0.3, -0.25) is 4.79 Å². The van der Waals surface area contributed by atoms with E-state index in [1.165, 1.54) is 13.2 Å². The van der Waals surface area contributed by atoms with E-state index < -0.39 is 0 Å². The summed E-state index contributed by atoms with van der Waals surface area (Å²) in [4.78, 5) is 11.7. The normalized spacial score (nSPS) is 10.3. The van der Waals surface area contributed by atoms with Crippen LogP contribution < -0.4 is 9.47 Å². The highest BCUT2D eigenvalue weighted by molar-refractivity contribution is 6.06. The minimum absolute atomic E-state index is 0.0896. The highest BCUT2D eigenvalue weighted by Crippen LogP contribution is 2.24. The second-order valence-electron chi connectivity index (χ2n) is 2.93. The molecular weight excluding hydrogens is 192 g/mol. The largest absolute Gasteiger partial charge is 0.497 e. The molecule has 0 aromatic heterocycles. The Hall–Kier alpha value is -1.77. The maximum Gasteiger partial charge on any atom is 0.189 e. The molecule has 0 atom stereocenters. The molecule has 3 heteroatoms. The summed E-state index contributed by atoms with van der Waals surface area (Å²) in [5, 5.41) is 0. The first-order valence-electron chi connectivity index (χ1n) is 4.62. The summed E-state index contributed by atoms with van der Waals surface area (Å²) in [6.45, 7) is 1.80. The summed E-state index contributed by atoms with van der Waals surface area (Å²) in [6, 6.07) is 5.14. The molecule has 15 heavy (non-hydrogen) atoms. The minimum Gasteiger partial charge on any atom is -0.497 e. The number of ketones is 1. The van der Waals surface area contributed by atoms with Crippen molar-refractivity contribution in [2.24, 2.45) is 0 Å². The molecule has 1 aromatic rings. The molecule has 0 radical (unpaired) electrons. The van der Waals surface area contributed by atoms with Gasteiger partial charge in [0.05, 0.1) is 19.8 Å². The Bertz CT molecular complexity index is 380. The highest BCUT2D eigenvalue weighted by atomic mass is 16.5. The quantitative estimate of drug-likeness (QED) is 0.560. The number of hydrogen-bond donors (Lipinski definition) is 0. The van der Waals surface area contributed by atoms with Crippen LogP contribution in [0.3, 0.4) is 0 Å². The predicted octanol–water partition coefficient (Wildman–Crippen LogP) is 2.46. The molecule has 0 N–H and O–H groups in total. The number of methoxy groups -OCH3 is 2. The van der Waals surface area contributed by atoms with Crippen LogP contribution in [0.15, 0.2) is 30.4 Å². The van der Waals surface area contributed by atoms with Gasteiger partial charge in [0.15, 0.2) is 5.78 Å². The molecule has 0 saturated carbocycles. The van der Waals surface area contributed by atoms with E-state index in [-0.39, 0.29) is 5.78 Å². The topological polar surface area (TPSA) is 35.5 Å². The molecule has 1 rings (SSSR count). The van der Waals surface area contributed by atoms with Crippen molar-refractivity contribution in [2.45, 2.75) is 6.92 Å². The number of ether oxygens (including phenoxy) is 2. The number of allylic oxidation sites excluding steroid dienone is 2. The Balaban J connectivity index is 3.17. The molecule has 1 aromatic carbocycles. The number of hydrogen-bond acceptors (Lipinski definition) is 3. The first-order valence-corrected chi connectivity index (χ1v) is 4.62. The van der Waals surface area contributed by atoms with Crippen LogP contribution in [-0.4, -0.2) is 20.0 Å². The molecule has 80 valence electrons. The summed E-state index contributed by atoms with van der Waals surface area (Å²) < 4.78 is 10.2. The Morgan fingerprint density at radius 3 is 2.53 bits per heavy atom. The van der Waals surface area contributed by atoms with Crippen LogP contribution in [0.5, 0.6) is 11.5 Å². The van der Waals surface area contributed by atoms with Crippen molar-refractivity contribution in [3.8, 4) is 11.5 Å². The monoisotopic (exact) mass is 206 g/mol. The predicted molar refractivity (Wildman–Crippen MR) is 58.7 cm³/mol. The first-order chi connectivity index (χ1) is 7.22. The Morgan fingerprint density at radius 1 is 1.27 bits per heavy atom. The van der Waals surface area contributed by atoms with Gasteiger partial charge in [-0.2, -0.15) is 0 Å². The van der Waals surface area contributed by atoms with Gasteiger partial charge in [-0.1, -0.05) is 6.08 Å². The number of carbonyl (C=O) groups excluding carboxylic acids is 1. The molecule has 0 saturated heterocycles. The van der Waals surface area contributed by atoms with Crippen LogP contribution in [0.2, 0.25) is 0 Å². The van der Waals surface area contributed by atoms with Gasteiger partial charge in [0.25, 0.3) is 0 Å². The smallest absolute Gasteiger partial charge is 0.189 e. The van der Waals surface area contributed by atoms with Gasteiger partial charge in [-0.05, 0) is 31.2 Å². The number of rotatable bonds is 4. The Labute approximate surface area is 89.3 Å². The lowest BCUT2D eigenvalue weighted by atomic mass is 10.1. The van der Waals surface area contributed by atoms with Crippen LogP contribution in [0, 0.1) is 0 Å². The van der Waals surface area contributed by atoms with E-state index in [9.17, 15) is 4.79 Å². The molecule has 0 spiro atoms. The fraction of sp³-hybridized carbons (Fsp3) is 0.250. The minimum atomic E-state index is -0.0896. The molecule has 0 fully saturated rings. The zero-order valence-electron chi connectivity index (χ0n) is 9.11. The Kier molecular flexibility index (Phi) is 3.92. The zero-order valence-corrected chi connectivity index (χ0v) is 9.11. The maximum atomic E-state index is 11.7. The van der Waals surface area contributed by atoms with Gasteiger partial charge >= 0.3 is 0 Å². The lowest BCUT2D eigenvalue weighted by molar-refractivity contribution is 0.104. The van der Waals surface area contributed by atoms with Crippen LogP contribution >= 0.6 is 0 Å². The third kappa shape index (κ3) is 2.59. The third-order valence-corrected chi connectivity index (χ3v) is 1.99. The van der Waals surface area contributed by atoms with E-state index in [0.717, 1.165) is 0 Å². The van der Waals surface area contributed by atoms with Crippen molar-refractivity contribution in [3.05, 3.63) is 35.9 Å². The van der Waals surface area contributed by atoms with Crippen LogP contribution in [0.1, 0.15) is 17.3 Å². The van der Waals surface area contributed by atoms with Crippen molar-refractivity contribution in [1.82, 2.24) is 0 Å². The van der Waals surface area contributed by atoms with Crippen LogP contribution in [0.4, 0.5) is 0 Å². The number of benzene rings is 1. The summed E-state index contributed by atoms with van der Waals surface area (Å²) >= 11 is 0. The van der Waals surface area contributed by atoms with Crippen molar-refractivity contribution >= 4 is 5.78 Å².